The lowest BCUT2D eigenvalue weighted by atomic mass is 9.86. The van der Waals surface area contributed by atoms with Crippen LogP contribution in [-0.2, 0) is 19.3 Å². The minimum Gasteiger partial charge on any atom is -0.506 e. The number of phenols is 1. The number of hydrogen-bond donors (Lipinski definition) is 3. The third-order valence-corrected chi connectivity index (χ3v) is 6.83. The summed E-state index contributed by atoms with van der Waals surface area (Å²) in [6.07, 6.45) is 10.9. The number of anilines is 1. The summed E-state index contributed by atoms with van der Waals surface area (Å²) in [5.74, 6) is 0.379. The summed E-state index contributed by atoms with van der Waals surface area (Å²) in [5.41, 5.74) is 5.08. The van der Waals surface area contributed by atoms with E-state index >= 15 is 0 Å². The van der Waals surface area contributed by atoms with E-state index in [2.05, 4.69) is 58.9 Å². The highest BCUT2D eigenvalue weighted by Crippen LogP contribution is 2.35. The summed E-state index contributed by atoms with van der Waals surface area (Å²) >= 11 is 0. The molecule has 2 aromatic rings. The van der Waals surface area contributed by atoms with Gasteiger partial charge in [0.2, 0.25) is 0 Å². The standard InChI is InChI=1S/C28H43N3O.3BrH/c1-3-20-31(25-14-15-26-24(22-25)13-16-27(32)28(26)29-2)21-10-5-4-9-18-30-19-17-23-11-7-6-8-12-23;;;/h6-8,11-13,16,25,29-30,32H,3-5,9-10,14-15,17-22H2,1-2H3;3*1H/t25-;;;/m0.../s1. The van der Waals surface area contributed by atoms with Crippen molar-refractivity contribution in [2.75, 3.05) is 38.5 Å². The minimum absolute atomic E-state index is 0. The Balaban J connectivity index is 0.00000385. The first kappa shape index (κ1) is 34.4. The Hall–Kier alpha value is -0.600. The quantitative estimate of drug-likeness (QED) is 0.147. The highest BCUT2D eigenvalue weighted by Gasteiger charge is 2.26. The Bertz CT molecular complexity index is 808. The second-order valence-corrected chi connectivity index (χ2v) is 9.18. The summed E-state index contributed by atoms with van der Waals surface area (Å²) < 4.78 is 0. The molecule has 1 aliphatic carbocycles. The van der Waals surface area contributed by atoms with E-state index in [1.165, 1.54) is 68.3 Å². The first-order valence-corrected chi connectivity index (χ1v) is 12.7. The van der Waals surface area contributed by atoms with E-state index in [1.54, 1.807) is 0 Å². The summed E-state index contributed by atoms with van der Waals surface area (Å²) in [6.45, 7) is 6.91. The molecule has 0 radical (unpaired) electrons. The molecule has 4 nitrogen and oxygen atoms in total. The molecule has 0 aromatic heterocycles. The molecule has 0 amide bonds. The Morgan fingerprint density at radius 3 is 2.37 bits per heavy atom. The van der Waals surface area contributed by atoms with E-state index in [-0.39, 0.29) is 50.9 Å². The smallest absolute Gasteiger partial charge is 0.138 e. The molecule has 0 aliphatic heterocycles. The predicted molar refractivity (Wildman–Crippen MR) is 168 cm³/mol. The van der Waals surface area contributed by atoms with Gasteiger partial charge in [-0.2, -0.15) is 0 Å². The first-order chi connectivity index (χ1) is 15.7. The third kappa shape index (κ3) is 11.1. The molecule has 1 aliphatic rings. The molecule has 35 heavy (non-hydrogen) atoms. The Morgan fingerprint density at radius 2 is 1.66 bits per heavy atom. The molecule has 3 rings (SSSR count). The zero-order valence-electron chi connectivity index (χ0n) is 21.4. The van der Waals surface area contributed by atoms with Gasteiger partial charge >= 0.3 is 0 Å². The summed E-state index contributed by atoms with van der Waals surface area (Å²) in [5, 5.41) is 16.9. The molecule has 0 spiro atoms. The van der Waals surface area contributed by atoms with Crippen molar-refractivity contribution in [3.8, 4) is 5.75 Å². The Labute approximate surface area is 245 Å². The van der Waals surface area contributed by atoms with Crippen LogP contribution < -0.4 is 10.6 Å². The van der Waals surface area contributed by atoms with Crippen LogP contribution in [0.4, 0.5) is 5.69 Å². The number of nitrogens with zero attached hydrogens (tertiary/aromatic N) is 1. The average Bonchev–Trinajstić information content (AvgIpc) is 2.82. The largest absolute Gasteiger partial charge is 0.506 e. The molecule has 3 N–H and O–H groups in total. The van der Waals surface area contributed by atoms with Gasteiger partial charge in [0.1, 0.15) is 5.75 Å². The highest BCUT2D eigenvalue weighted by molar-refractivity contribution is 8.93. The molecular formula is C28H46Br3N3O. The maximum absolute atomic E-state index is 10.1. The molecule has 0 bridgehead atoms. The zero-order valence-corrected chi connectivity index (χ0v) is 26.6. The van der Waals surface area contributed by atoms with Crippen molar-refractivity contribution < 1.29 is 5.11 Å². The molecular weight excluding hydrogens is 634 g/mol. The summed E-state index contributed by atoms with van der Waals surface area (Å²) in [6, 6.07) is 15.4. The number of fused-ring (bicyclic) bond motifs is 1. The van der Waals surface area contributed by atoms with Gasteiger partial charge in [-0.15, -0.1) is 50.9 Å². The van der Waals surface area contributed by atoms with Gasteiger partial charge in [-0.1, -0.05) is 56.2 Å². The molecule has 1 atom stereocenters. The van der Waals surface area contributed by atoms with Gasteiger partial charge in [0.05, 0.1) is 5.69 Å². The number of unbranched alkanes of at least 4 members (excludes halogenated alkanes) is 3. The fourth-order valence-electron chi connectivity index (χ4n) is 5.10. The van der Waals surface area contributed by atoms with Crippen molar-refractivity contribution in [2.45, 2.75) is 70.8 Å². The van der Waals surface area contributed by atoms with Gasteiger partial charge < -0.3 is 20.6 Å². The van der Waals surface area contributed by atoms with Crippen molar-refractivity contribution in [3.63, 3.8) is 0 Å². The van der Waals surface area contributed by atoms with E-state index in [4.69, 9.17) is 0 Å². The molecule has 2 aromatic carbocycles. The van der Waals surface area contributed by atoms with Gasteiger partial charge in [0.15, 0.2) is 0 Å². The maximum Gasteiger partial charge on any atom is 0.138 e. The van der Waals surface area contributed by atoms with Crippen LogP contribution >= 0.6 is 50.9 Å². The SMILES string of the molecule is Br.Br.Br.CCCN(CCCCCCNCCc1ccccc1)[C@H]1CCc2c(ccc(O)c2NC)C1. The van der Waals surface area contributed by atoms with Crippen molar-refractivity contribution in [2.24, 2.45) is 0 Å². The van der Waals surface area contributed by atoms with Crippen LogP contribution in [-0.4, -0.2) is 49.3 Å². The average molecular weight is 680 g/mol. The first-order valence-electron chi connectivity index (χ1n) is 12.7. The fraction of sp³-hybridized carbons (Fsp3) is 0.571. The summed E-state index contributed by atoms with van der Waals surface area (Å²) in [7, 11) is 1.91. The molecule has 0 fully saturated rings. The van der Waals surface area contributed by atoms with Crippen LogP contribution in [0.25, 0.3) is 0 Å². The molecule has 200 valence electrons. The maximum atomic E-state index is 10.1. The van der Waals surface area contributed by atoms with E-state index in [9.17, 15) is 5.11 Å². The summed E-state index contributed by atoms with van der Waals surface area (Å²) in [4.78, 5) is 2.73. The van der Waals surface area contributed by atoms with Crippen molar-refractivity contribution >= 4 is 56.6 Å². The second-order valence-electron chi connectivity index (χ2n) is 9.18. The number of halogens is 3. The van der Waals surface area contributed by atoms with Gasteiger partial charge in [0, 0.05) is 13.1 Å². The van der Waals surface area contributed by atoms with Crippen LogP contribution in [0.1, 0.15) is 62.1 Å². The predicted octanol–water partition coefficient (Wildman–Crippen LogP) is 7.13. The number of aromatic hydroxyl groups is 1. The number of hydrogen-bond acceptors (Lipinski definition) is 4. The third-order valence-electron chi connectivity index (χ3n) is 6.83. The lowest BCUT2D eigenvalue weighted by Crippen LogP contribution is -2.40. The van der Waals surface area contributed by atoms with Crippen molar-refractivity contribution in [1.29, 1.82) is 0 Å². The van der Waals surface area contributed by atoms with E-state index in [1.807, 2.05) is 13.1 Å². The normalized spacial score (nSPS) is 14.3. The number of rotatable bonds is 14. The molecule has 0 unspecified atom stereocenters. The van der Waals surface area contributed by atoms with Crippen molar-refractivity contribution in [1.82, 2.24) is 10.2 Å². The van der Waals surface area contributed by atoms with Gasteiger partial charge in [-0.25, -0.2) is 0 Å². The van der Waals surface area contributed by atoms with Gasteiger partial charge in [-0.05, 0) is 93.9 Å². The number of nitrogens with one attached hydrogen (secondary N) is 2. The fourth-order valence-corrected chi connectivity index (χ4v) is 5.10. The van der Waals surface area contributed by atoms with Crippen LogP contribution in [0.2, 0.25) is 0 Å². The number of benzene rings is 2. The Kier molecular flexibility index (Phi) is 19.2. The minimum atomic E-state index is 0. The van der Waals surface area contributed by atoms with Crippen molar-refractivity contribution in [3.05, 3.63) is 59.2 Å². The molecule has 7 heteroatoms. The van der Waals surface area contributed by atoms with Gasteiger partial charge in [-0.3, -0.25) is 0 Å². The molecule has 0 heterocycles. The second kappa shape index (κ2) is 19.5. The van der Waals surface area contributed by atoms with Crippen LogP contribution in [0.3, 0.4) is 0 Å². The van der Waals surface area contributed by atoms with Gasteiger partial charge in [0.25, 0.3) is 0 Å². The van der Waals surface area contributed by atoms with E-state index in [0.29, 0.717) is 11.8 Å². The topological polar surface area (TPSA) is 47.5 Å². The Morgan fingerprint density at radius 1 is 0.914 bits per heavy atom. The van der Waals surface area contributed by atoms with Crippen LogP contribution in [0.5, 0.6) is 5.75 Å². The van der Waals surface area contributed by atoms with Crippen LogP contribution in [0.15, 0.2) is 42.5 Å². The molecule has 0 saturated heterocycles. The van der Waals surface area contributed by atoms with E-state index < -0.39 is 0 Å². The lowest BCUT2D eigenvalue weighted by Gasteiger charge is -2.36. The molecule has 0 saturated carbocycles. The van der Waals surface area contributed by atoms with Crippen LogP contribution in [0, 0.1) is 0 Å². The number of phenolic OH excluding ortho intramolecular Hbond substituents is 1. The monoisotopic (exact) mass is 677 g/mol. The zero-order chi connectivity index (χ0) is 22.6. The lowest BCUT2D eigenvalue weighted by molar-refractivity contribution is 0.176. The van der Waals surface area contributed by atoms with E-state index in [0.717, 1.165) is 38.0 Å². The highest BCUT2D eigenvalue weighted by atomic mass is 79.9.